The summed E-state index contributed by atoms with van der Waals surface area (Å²) in [6, 6.07) is 10.2. The van der Waals surface area contributed by atoms with Crippen LogP contribution in [-0.2, 0) is 0 Å². The third kappa shape index (κ3) is 2.50. The lowest BCUT2D eigenvalue weighted by molar-refractivity contribution is 0.623. The Morgan fingerprint density at radius 3 is 2.71 bits per heavy atom. The smallest absolute Gasteiger partial charge is 0.149 e. The van der Waals surface area contributed by atoms with Gasteiger partial charge in [-0.15, -0.1) is 0 Å². The SMILES string of the molecule is Cc1cccc(Nc2cc(Cl)ccc2N)c1F. The summed E-state index contributed by atoms with van der Waals surface area (Å²) in [5.41, 5.74) is 7.87. The lowest BCUT2D eigenvalue weighted by Crippen LogP contribution is -1.99. The zero-order chi connectivity index (χ0) is 12.4. The summed E-state index contributed by atoms with van der Waals surface area (Å²) >= 11 is 5.86. The molecule has 0 aliphatic carbocycles. The number of aryl methyl sites for hydroxylation is 1. The van der Waals surface area contributed by atoms with Gasteiger partial charge < -0.3 is 11.1 Å². The van der Waals surface area contributed by atoms with Crippen molar-refractivity contribution in [2.24, 2.45) is 0 Å². The van der Waals surface area contributed by atoms with E-state index in [2.05, 4.69) is 5.32 Å². The molecule has 0 saturated carbocycles. The summed E-state index contributed by atoms with van der Waals surface area (Å²) in [5, 5.41) is 3.49. The van der Waals surface area contributed by atoms with Crippen molar-refractivity contribution in [2.45, 2.75) is 6.92 Å². The van der Waals surface area contributed by atoms with Gasteiger partial charge in [0.05, 0.1) is 17.1 Å². The molecule has 0 atom stereocenters. The van der Waals surface area contributed by atoms with E-state index in [4.69, 9.17) is 17.3 Å². The largest absolute Gasteiger partial charge is 0.397 e. The molecule has 2 aromatic rings. The Morgan fingerprint density at radius 2 is 1.94 bits per heavy atom. The van der Waals surface area contributed by atoms with Crippen LogP contribution < -0.4 is 11.1 Å². The Kier molecular flexibility index (Phi) is 3.20. The molecule has 3 N–H and O–H groups in total. The van der Waals surface area contributed by atoms with Gasteiger partial charge in [-0.2, -0.15) is 0 Å². The standard InChI is InChI=1S/C13H12ClFN2/c1-8-3-2-4-11(13(8)15)17-12-7-9(14)5-6-10(12)16/h2-7,17H,16H2,1H3. The molecule has 0 saturated heterocycles. The van der Waals surface area contributed by atoms with Crippen LogP contribution in [0.3, 0.4) is 0 Å². The predicted octanol–water partition coefficient (Wildman–Crippen LogP) is 4.11. The summed E-state index contributed by atoms with van der Waals surface area (Å²) in [5.74, 6) is -0.285. The zero-order valence-electron chi connectivity index (χ0n) is 9.30. The van der Waals surface area contributed by atoms with Crippen molar-refractivity contribution in [1.29, 1.82) is 0 Å². The van der Waals surface area contributed by atoms with E-state index < -0.39 is 0 Å². The maximum absolute atomic E-state index is 13.8. The van der Waals surface area contributed by atoms with Gasteiger partial charge in [0.1, 0.15) is 5.82 Å². The predicted molar refractivity (Wildman–Crippen MR) is 70.3 cm³/mol. The molecule has 0 unspecified atom stereocenters. The lowest BCUT2D eigenvalue weighted by Gasteiger charge is -2.11. The van der Waals surface area contributed by atoms with Gasteiger partial charge in [0.25, 0.3) is 0 Å². The molecule has 0 aliphatic rings. The van der Waals surface area contributed by atoms with Crippen molar-refractivity contribution >= 4 is 28.7 Å². The summed E-state index contributed by atoms with van der Waals surface area (Å²) < 4.78 is 13.8. The molecular formula is C13H12ClFN2. The minimum absolute atomic E-state index is 0.285. The first-order valence-corrected chi connectivity index (χ1v) is 5.53. The molecule has 0 bridgehead atoms. The van der Waals surface area contributed by atoms with Gasteiger partial charge in [0.2, 0.25) is 0 Å². The van der Waals surface area contributed by atoms with E-state index in [1.807, 2.05) is 0 Å². The number of nitrogen functional groups attached to an aromatic ring is 1. The number of hydrogen-bond donors (Lipinski definition) is 2. The molecule has 2 nitrogen and oxygen atoms in total. The van der Waals surface area contributed by atoms with Crippen molar-refractivity contribution < 1.29 is 4.39 Å². The molecule has 0 spiro atoms. The Hall–Kier alpha value is -1.74. The molecular weight excluding hydrogens is 239 g/mol. The highest BCUT2D eigenvalue weighted by molar-refractivity contribution is 6.31. The van der Waals surface area contributed by atoms with Crippen molar-refractivity contribution in [3.05, 3.63) is 52.8 Å². The Labute approximate surface area is 104 Å². The quantitative estimate of drug-likeness (QED) is 0.787. The summed E-state index contributed by atoms with van der Waals surface area (Å²) in [6.07, 6.45) is 0. The summed E-state index contributed by atoms with van der Waals surface area (Å²) in [6.45, 7) is 1.71. The molecule has 0 heterocycles. The minimum atomic E-state index is -0.285. The van der Waals surface area contributed by atoms with Gasteiger partial charge in [-0.25, -0.2) is 4.39 Å². The first-order valence-electron chi connectivity index (χ1n) is 5.15. The highest BCUT2D eigenvalue weighted by Crippen LogP contribution is 2.28. The van der Waals surface area contributed by atoms with E-state index in [0.29, 0.717) is 27.6 Å². The number of nitrogens with one attached hydrogen (secondary N) is 1. The molecule has 0 amide bonds. The lowest BCUT2D eigenvalue weighted by atomic mass is 10.2. The Bertz CT molecular complexity index is 555. The van der Waals surface area contributed by atoms with Crippen LogP contribution in [0.1, 0.15) is 5.56 Å². The van der Waals surface area contributed by atoms with Crippen molar-refractivity contribution in [3.8, 4) is 0 Å². The summed E-state index contributed by atoms with van der Waals surface area (Å²) in [4.78, 5) is 0. The fraction of sp³-hybridized carbons (Fsp3) is 0.0769. The van der Waals surface area contributed by atoms with Gasteiger partial charge in [0, 0.05) is 5.02 Å². The van der Waals surface area contributed by atoms with Crippen LogP contribution in [0, 0.1) is 12.7 Å². The maximum atomic E-state index is 13.8. The number of nitrogens with two attached hydrogens (primary N) is 1. The number of halogens is 2. The number of anilines is 3. The van der Waals surface area contributed by atoms with Crippen molar-refractivity contribution in [3.63, 3.8) is 0 Å². The van der Waals surface area contributed by atoms with Gasteiger partial charge in [-0.1, -0.05) is 23.7 Å². The van der Waals surface area contributed by atoms with E-state index in [1.54, 1.807) is 43.3 Å². The van der Waals surface area contributed by atoms with Crippen LogP contribution in [0.15, 0.2) is 36.4 Å². The van der Waals surface area contributed by atoms with Crippen LogP contribution in [0.25, 0.3) is 0 Å². The normalized spacial score (nSPS) is 10.3. The first kappa shape index (κ1) is 11.7. The van der Waals surface area contributed by atoms with Crippen LogP contribution >= 0.6 is 11.6 Å². The van der Waals surface area contributed by atoms with Crippen molar-refractivity contribution in [1.82, 2.24) is 0 Å². The molecule has 0 aliphatic heterocycles. The van der Waals surface area contributed by atoms with E-state index in [9.17, 15) is 4.39 Å². The molecule has 0 aromatic heterocycles. The van der Waals surface area contributed by atoms with Crippen LogP contribution in [-0.4, -0.2) is 0 Å². The number of hydrogen-bond acceptors (Lipinski definition) is 2. The van der Waals surface area contributed by atoms with Gasteiger partial charge in [-0.3, -0.25) is 0 Å². The number of rotatable bonds is 2. The third-order valence-electron chi connectivity index (χ3n) is 2.48. The monoisotopic (exact) mass is 250 g/mol. The Balaban J connectivity index is 2.38. The average Bonchev–Trinajstić information content (AvgIpc) is 2.30. The van der Waals surface area contributed by atoms with Crippen LogP contribution in [0.5, 0.6) is 0 Å². The second-order valence-corrected chi connectivity index (χ2v) is 4.23. The van der Waals surface area contributed by atoms with E-state index >= 15 is 0 Å². The molecule has 0 radical (unpaired) electrons. The second-order valence-electron chi connectivity index (χ2n) is 3.79. The molecule has 4 heteroatoms. The van der Waals surface area contributed by atoms with Crippen molar-refractivity contribution in [2.75, 3.05) is 11.1 Å². The molecule has 17 heavy (non-hydrogen) atoms. The number of benzene rings is 2. The molecule has 0 fully saturated rings. The summed E-state index contributed by atoms with van der Waals surface area (Å²) in [7, 11) is 0. The molecule has 88 valence electrons. The highest BCUT2D eigenvalue weighted by Gasteiger charge is 2.06. The fourth-order valence-electron chi connectivity index (χ4n) is 1.53. The second kappa shape index (κ2) is 4.63. The fourth-order valence-corrected chi connectivity index (χ4v) is 1.70. The maximum Gasteiger partial charge on any atom is 0.149 e. The highest BCUT2D eigenvalue weighted by atomic mass is 35.5. The first-order chi connectivity index (χ1) is 8.08. The van der Waals surface area contributed by atoms with Crippen LogP contribution in [0.4, 0.5) is 21.5 Å². The molecule has 2 rings (SSSR count). The van der Waals surface area contributed by atoms with Gasteiger partial charge in [0.15, 0.2) is 0 Å². The Morgan fingerprint density at radius 1 is 1.18 bits per heavy atom. The third-order valence-corrected chi connectivity index (χ3v) is 2.71. The van der Waals surface area contributed by atoms with E-state index in [1.165, 1.54) is 0 Å². The van der Waals surface area contributed by atoms with E-state index in [-0.39, 0.29) is 5.82 Å². The average molecular weight is 251 g/mol. The van der Waals surface area contributed by atoms with Gasteiger partial charge in [-0.05, 0) is 36.8 Å². The topological polar surface area (TPSA) is 38.0 Å². The van der Waals surface area contributed by atoms with Gasteiger partial charge >= 0.3 is 0 Å². The minimum Gasteiger partial charge on any atom is -0.397 e. The molecule has 2 aromatic carbocycles. The van der Waals surface area contributed by atoms with Crippen LogP contribution in [0.2, 0.25) is 5.02 Å². The van der Waals surface area contributed by atoms with E-state index in [0.717, 1.165) is 0 Å². The zero-order valence-corrected chi connectivity index (χ0v) is 10.1.